The number of hydrogen-bond donors (Lipinski definition) is 2. The van der Waals surface area contributed by atoms with Crippen molar-refractivity contribution in [2.75, 3.05) is 6.54 Å². The van der Waals surface area contributed by atoms with Gasteiger partial charge in [0.05, 0.1) is 17.2 Å². The summed E-state index contributed by atoms with van der Waals surface area (Å²) in [6.07, 6.45) is 0.145. The molecule has 3 atom stereocenters. The summed E-state index contributed by atoms with van der Waals surface area (Å²) >= 11 is 0. The Balaban J connectivity index is 1.51. The second kappa shape index (κ2) is 10.8. The van der Waals surface area contributed by atoms with Crippen LogP contribution in [-0.2, 0) is 22.4 Å². The van der Waals surface area contributed by atoms with Gasteiger partial charge in [-0.3, -0.25) is 4.79 Å². The van der Waals surface area contributed by atoms with Crippen molar-refractivity contribution in [2.24, 2.45) is 11.1 Å². The number of aliphatic carboxylic acids is 1. The third-order valence-electron chi connectivity index (χ3n) is 7.20. The van der Waals surface area contributed by atoms with E-state index in [2.05, 4.69) is 10.5 Å². The summed E-state index contributed by atoms with van der Waals surface area (Å²) in [5.74, 6) is -1.81. The highest BCUT2D eigenvalue weighted by molar-refractivity contribution is 5.90. The Morgan fingerprint density at radius 1 is 1.14 bits per heavy atom. The predicted octanol–water partition coefficient (Wildman–Crippen LogP) is 6.10. The number of carboxylic acid groups (broad SMARTS) is 1. The molecule has 0 aromatic heterocycles. The number of alkyl halides is 3. The van der Waals surface area contributed by atoms with Crippen LogP contribution in [0, 0.1) is 5.92 Å². The molecule has 0 radical (unpaired) electrons. The third kappa shape index (κ3) is 5.86. The summed E-state index contributed by atoms with van der Waals surface area (Å²) in [4.78, 5) is 17.1. The maximum Gasteiger partial charge on any atom is 0.416 e. The fourth-order valence-corrected chi connectivity index (χ4v) is 5.31. The largest absolute Gasteiger partial charge is 0.481 e. The van der Waals surface area contributed by atoms with Crippen LogP contribution in [0.5, 0.6) is 0 Å². The molecule has 2 aromatic carbocycles. The topological polar surface area (TPSA) is 70.9 Å². The molecule has 1 saturated heterocycles. The molecule has 35 heavy (non-hydrogen) atoms. The molecule has 2 fully saturated rings. The number of carboxylic acids is 1. The molecule has 4 rings (SSSR count). The fourth-order valence-electron chi connectivity index (χ4n) is 5.31. The van der Waals surface area contributed by atoms with Crippen LogP contribution >= 0.6 is 0 Å². The molecule has 1 aliphatic carbocycles. The van der Waals surface area contributed by atoms with E-state index in [-0.39, 0.29) is 24.5 Å². The number of rotatable bonds is 8. The summed E-state index contributed by atoms with van der Waals surface area (Å²) < 4.78 is 41.5. The SMILES string of the molecule is C/C(=N/OCc1ccc(C2CCCCC2)c(C(F)(F)F)c1)C(c1ccccc1)C1NCC1C(=O)O. The zero-order valence-electron chi connectivity index (χ0n) is 19.7. The van der Waals surface area contributed by atoms with Crippen molar-refractivity contribution in [3.8, 4) is 0 Å². The van der Waals surface area contributed by atoms with Crippen LogP contribution < -0.4 is 5.32 Å². The van der Waals surface area contributed by atoms with Gasteiger partial charge in [0.15, 0.2) is 0 Å². The molecule has 5 nitrogen and oxygen atoms in total. The Morgan fingerprint density at radius 3 is 2.46 bits per heavy atom. The van der Waals surface area contributed by atoms with Gasteiger partial charge in [0.2, 0.25) is 0 Å². The molecule has 2 N–H and O–H groups in total. The minimum Gasteiger partial charge on any atom is -0.481 e. The van der Waals surface area contributed by atoms with E-state index in [0.29, 0.717) is 23.4 Å². The Bertz CT molecular complexity index is 1050. The number of nitrogens with one attached hydrogen (secondary N) is 1. The van der Waals surface area contributed by atoms with Crippen molar-refractivity contribution in [1.29, 1.82) is 0 Å². The van der Waals surface area contributed by atoms with Crippen LogP contribution in [0.3, 0.4) is 0 Å². The van der Waals surface area contributed by atoms with Gasteiger partial charge in [-0.05, 0) is 48.4 Å². The quantitative estimate of drug-likeness (QED) is 0.348. The Hall–Kier alpha value is -2.87. The minimum atomic E-state index is -4.43. The molecule has 1 aliphatic heterocycles. The highest BCUT2D eigenvalue weighted by atomic mass is 19.4. The van der Waals surface area contributed by atoms with Crippen molar-refractivity contribution in [3.63, 3.8) is 0 Å². The van der Waals surface area contributed by atoms with E-state index in [1.54, 1.807) is 19.1 Å². The third-order valence-corrected chi connectivity index (χ3v) is 7.20. The van der Waals surface area contributed by atoms with E-state index in [0.717, 1.165) is 37.7 Å². The molecule has 3 unspecified atom stereocenters. The van der Waals surface area contributed by atoms with E-state index in [4.69, 9.17) is 4.84 Å². The first-order chi connectivity index (χ1) is 16.8. The van der Waals surface area contributed by atoms with E-state index >= 15 is 0 Å². The molecule has 1 saturated carbocycles. The van der Waals surface area contributed by atoms with Gasteiger partial charge in [0.25, 0.3) is 0 Å². The number of halogens is 3. The maximum atomic E-state index is 13.8. The Labute approximate surface area is 203 Å². The van der Waals surface area contributed by atoms with E-state index in [9.17, 15) is 23.1 Å². The monoisotopic (exact) mass is 488 g/mol. The molecule has 2 aromatic rings. The lowest BCUT2D eigenvalue weighted by atomic mass is 9.76. The molecule has 1 heterocycles. The van der Waals surface area contributed by atoms with E-state index in [1.165, 1.54) is 6.07 Å². The second-order valence-electron chi connectivity index (χ2n) is 9.53. The van der Waals surface area contributed by atoms with Crippen LogP contribution in [0.2, 0.25) is 0 Å². The summed E-state index contributed by atoms with van der Waals surface area (Å²) in [7, 11) is 0. The van der Waals surface area contributed by atoms with Crippen molar-refractivity contribution >= 4 is 11.7 Å². The maximum absolute atomic E-state index is 13.8. The van der Waals surface area contributed by atoms with Crippen LogP contribution in [0.4, 0.5) is 13.2 Å². The summed E-state index contributed by atoms with van der Waals surface area (Å²) in [6, 6.07) is 13.6. The zero-order chi connectivity index (χ0) is 25.0. The molecule has 0 spiro atoms. The molecular formula is C27H31F3N2O3. The lowest BCUT2D eigenvalue weighted by molar-refractivity contribution is -0.145. The molecule has 8 heteroatoms. The van der Waals surface area contributed by atoms with Crippen molar-refractivity contribution in [2.45, 2.75) is 69.7 Å². The van der Waals surface area contributed by atoms with Crippen LogP contribution in [0.25, 0.3) is 0 Å². The van der Waals surface area contributed by atoms with Crippen LogP contribution in [-0.4, -0.2) is 29.4 Å². The van der Waals surface area contributed by atoms with E-state index in [1.807, 2.05) is 30.3 Å². The lowest BCUT2D eigenvalue weighted by Gasteiger charge is -2.40. The van der Waals surface area contributed by atoms with Gasteiger partial charge < -0.3 is 15.3 Å². The van der Waals surface area contributed by atoms with Crippen LogP contribution in [0.1, 0.15) is 73.1 Å². The first kappa shape index (κ1) is 25.2. The standard InChI is InChI=1S/C27H31F3N2O3/c1-17(24(20-10-6-3-7-11-20)25-22(15-31-25)26(33)34)32-35-16-18-12-13-21(19-8-4-2-5-9-19)23(14-18)27(28,29)30/h3,6-7,10-14,19,22,24-25,31H,2,4-5,8-9,15-16H2,1H3,(H,33,34)/b32-17-. The lowest BCUT2D eigenvalue weighted by Crippen LogP contribution is -2.60. The van der Waals surface area contributed by atoms with Crippen LogP contribution in [0.15, 0.2) is 53.7 Å². The van der Waals surface area contributed by atoms with Crippen molar-refractivity contribution in [3.05, 3.63) is 70.8 Å². The predicted molar refractivity (Wildman–Crippen MR) is 127 cm³/mol. The first-order valence-corrected chi connectivity index (χ1v) is 12.1. The van der Waals surface area contributed by atoms with Gasteiger partial charge in [-0.15, -0.1) is 0 Å². The van der Waals surface area contributed by atoms with Gasteiger partial charge in [0.1, 0.15) is 6.61 Å². The summed E-state index contributed by atoms with van der Waals surface area (Å²) in [6.45, 7) is 2.03. The van der Waals surface area contributed by atoms with Gasteiger partial charge in [0, 0.05) is 18.5 Å². The van der Waals surface area contributed by atoms with E-state index < -0.39 is 23.6 Å². The number of hydrogen-bond acceptors (Lipinski definition) is 4. The molecule has 0 bridgehead atoms. The second-order valence-corrected chi connectivity index (χ2v) is 9.53. The fraction of sp³-hybridized carbons (Fsp3) is 0.481. The highest BCUT2D eigenvalue weighted by Crippen LogP contribution is 2.41. The minimum absolute atomic E-state index is 0.0561. The number of carbonyl (C=O) groups is 1. The normalized spacial score (nSPS) is 22.3. The molecule has 2 aliphatic rings. The Kier molecular flexibility index (Phi) is 7.79. The van der Waals surface area contributed by atoms with Crippen molar-refractivity contribution in [1.82, 2.24) is 5.32 Å². The first-order valence-electron chi connectivity index (χ1n) is 12.1. The van der Waals surface area contributed by atoms with Gasteiger partial charge in [-0.1, -0.05) is 66.9 Å². The summed E-state index contributed by atoms with van der Waals surface area (Å²) in [5, 5.41) is 16.9. The molecule has 0 amide bonds. The molecular weight excluding hydrogens is 457 g/mol. The zero-order valence-corrected chi connectivity index (χ0v) is 19.7. The number of nitrogens with zero attached hydrogens (tertiary/aromatic N) is 1. The Morgan fingerprint density at radius 2 is 1.86 bits per heavy atom. The number of oxime groups is 1. The highest BCUT2D eigenvalue weighted by Gasteiger charge is 2.43. The molecule has 188 valence electrons. The average Bonchev–Trinajstić information content (AvgIpc) is 2.81. The summed E-state index contributed by atoms with van der Waals surface area (Å²) in [5.41, 5.74) is 1.65. The number of benzene rings is 2. The van der Waals surface area contributed by atoms with Gasteiger partial charge in [-0.2, -0.15) is 13.2 Å². The van der Waals surface area contributed by atoms with Crippen molar-refractivity contribution < 1.29 is 27.9 Å². The van der Waals surface area contributed by atoms with Gasteiger partial charge in [-0.25, -0.2) is 0 Å². The average molecular weight is 489 g/mol. The van der Waals surface area contributed by atoms with Gasteiger partial charge >= 0.3 is 12.1 Å². The smallest absolute Gasteiger partial charge is 0.416 e.